The predicted molar refractivity (Wildman–Crippen MR) is 57.6 cm³/mol. The molecule has 0 saturated carbocycles. The molecule has 1 heterocycles. The average Bonchev–Trinajstić information content (AvgIpc) is 2.43. The summed E-state index contributed by atoms with van der Waals surface area (Å²) in [6.45, 7) is 8.35. The number of amides is 1. The summed E-state index contributed by atoms with van der Waals surface area (Å²) in [5.74, 6) is 0.192. The van der Waals surface area contributed by atoms with Crippen LogP contribution in [0.5, 0.6) is 0 Å². The van der Waals surface area contributed by atoms with Crippen molar-refractivity contribution in [2.24, 2.45) is 5.92 Å². The Morgan fingerprint density at radius 2 is 2.13 bits per heavy atom. The molecular formula is C11H21NO3. The van der Waals surface area contributed by atoms with Gasteiger partial charge in [-0.1, -0.05) is 0 Å². The van der Waals surface area contributed by atoms with Crippen molar-refractivity contribution in [1.82, 2.24) is 4.90 Å². The molecule has 0 radical (unpaired) electrons. The minimum atomic E-state index is -0.450. The Balaban J connectivity index is 2.55. The summed E-state index contributed by atoms with van der Waals surface area (Å²) in [4.78, 5) is 13.5. The third kappa shape index (κ3) is 3.09. The molecule has 1 amide bonds. The van der Waals surface area contributed by atoms with Gasteiger partial charge in [-0.3, -0.25) is 0 Å². The molecule has 15 heavy (non-hydrogen) atoms. The van der Waals surface area contributed by atoms with Gasteiger partial charge in [0.05, 0.1) is 0 Å². The lowest BCUT2D eigenvalue weighted by Crippen LogP contribution is -2.40. The van der Waals surface area contributed by atoms with Crippen molar-refractivity contribution >= 4 is 6.09 Å². The third-order valence-electron chi connectivity index (χ3n) is 2.78. The van der Waals surface area contributed by atoms with Gasteiger partial charge in [0.25, 0.3) is 0 Å². The second-order valence-electron chi connectivity index (χ2n) is 5.15. The van der Waals surface area contributed by atoms with Crippen LogP contribution in [0, 0.1) is 5.92 Å². The zero-order valence-electron chi connectivity index (χ0n) is 9.99. The molecule has 1 aliphatic heterocycles. The molecule has 0 aromatic rings. The van der Waals surface area contributed by atoms with Gasteiger partial charge in [0, 0.05) is 25.1 Å². The first kappa shape index (κ1) is 12.3. The summed E-state index contributed by atoms with van der Waals surface area (Å²) < 4.78 is 5.29. The van der Waals surface area contributed by atoms with Crippen LogP contribution in [0.3, 0.4) is 0 Å². The fraction of sp³-hybridized carbons (Fsp3) is 0.909. The van der Waals surface area contributed by atoms with Gasteiger partial charge in [0.1, 0.15) is 5.60 Å². The van der Waals surface area contributed by atoms with E-state index >= 15 is 0 Å². The second-order valence-corrected chi connectivity index (χ2v) is 5.15. The number of hydrogen-bond donors (Lipinski definition) is 1. The molecule has 0 spiro atoms. The van der Waals surface area contributed by atoms with Crippen LogP contribution in [0.15, 0.2) is 0 Å². The lowest BCUT2D eigenvalue weighted by atomic mass is 10.0. The van der Waals surface area contributed by atoms with E-state index < -0.39 is 5.60 Å². The highest BCUT2D eigenvalue weighted by molar-refractivity contribution is 5.69. The number of carbonyl (C=O) groups is 1. The number of carbonyl (C=O) groups excluding carboxylic acids is 1. The average molecular weight is 215 g/mol. The number of rotatable bonds is 1. The minimum Gasteiger partial charge on any atom is -0.444 e. The Bertz CT molecular complexity index is 234. The number of hydrogen-bond acceptors (Lipinski definition) is 3. The lowest BCUT2D eigenvalue weighted by molar-refractivity contribution is 0.0212. The molecule has 1 saturated heterocycles. The summed E-state index contributed by atoms with van der Waals surface area (Å²) >= 11 is 0. The molecule has 0 unspecified atom stereocenters. The van der Waals surface area contributed by atoms with E-state index in [9.17, 15) is 4.79 Å². The molecule has 0 bridgehead atoms. The SMILES string of the molecule is C[C@@H]1[C@H](CO)CCN1C(=O)OC(C)(C)C. The smallest absolute Gasteiger partial charge is 0.410 e. The Kier molecular flexibility index (Phi) is 3.60. The van der Waals surface area contributed by atoms with Gasteiger partial charge in [-0.2, -0.15) is 0 Å². The molecule has 2 atom stereocenters. The molecule has 4 heteroatoms. The van der Waals surface area contributed by atoms with Crippen LogP contribution in [-0.4, -0.2) is 40.9 Å². The lowest BCUT2D eigenvalue weighted by Gasteiger charge is -2.28. The Labute approximate surface area is 91.2 Å². The van der Waals surface area contributed by atoms with Crippen LogP contribution >= 0.6 is 0 Å². The molecule has 0 aromatic heterocycles. The largest absolute Gasteiger partial charge is 0.444 e. The maximum atomic E-state index is 11.8. The van der Waals surface area contributed by atoms with Crippen LogP contribution in [0.4, 0.5) is 4.79 Å². The molecule has 0 aliphatic carbocycles. The minimum absolute atomic E-state index is 0.0739. The van der Waals surface area contributed by atoms with Crippen molar-refractivity contribution in [2.45, 2.75) is 45.8 Å². The van der Waals surface area contributed by atoms with Crippen LogP contribution in [0.2, 0.25) is 0 Å². The number of aliphatic hydroxyl groups excluding tert-OH is 1. The number of likely N-dealkylation sites (tertiary alicyclic amines) is 1. The fourth-order valence-corrected chi connectivity index (χ4v) is 1.83. The summed E-state index contributed by atoms with van der Waals surface area (Å²) in [5.41, 5.74) is -0.450. The van der Waals surface area contributed by atoms with E-state index in [0.717, 1.165) is 6.42 Å². The maximum absolute atomic E-state index is 11.8. The Morgan fingerprint density at radius 1 is 1.53 bits per heavy atom. The topological polar surface area (TPSA) is 49.8 Å². The highest BCUT2D eigenvalue weighted by atomic mass is 16.6. The fourth-order valence-electron chi connectivity index (χ4n) is 1.83. The monoisotopic (exact) mass is 215 g/mol. The molecule has 0 aromatic carbocycles. The van der Waals surface area contributed by atoms with E-state index in [-0.39, 0.29) is 24.7 Å². The van der Waals surface area contributed by atoms with Crippen molar-refractivity contribution < 1.29 is 14.6 Å². The van der Waals surface area contributed by atoms with E-state index in [2.05, 4.69) is 0 Å². The number of nitrogens with zero attached hydrogens (tertiary/aromatic N) is 1. The van der Waals surface area contributed by atoms with Crippen molar-refractivity contribution in [3.63, 3.8) is 0 Å². The second kappa shape index (κ2) is 4.39. The van der Waals surface area contributed by atoms with Crippen molar-refractivity contribution in [1.29, 1.82) is 0 Å². The molecule has 1 fully saturated rings. The van der Waals surface area contributed by atoms with Crippen LogP contribution < -0.4 is 0 Å². The van der Waals surface area contributed by atoms with E-state index in [4.69, 9.17) is 9.84 Å². The van der Waals surface area contributed by atoms with Gasteiger partial charge in [-0.15, -0.1) is 0 Å². The van der Waals surface area contributed by atoms with E-state index in [1.54, 1.807) is 4.90 Å². The Hall–Kier alpha value is -0.770. The summed E-state index contributed by atoms with van der Waals surface area (Å²) in [5, 5.41) is 9.09. The van der Waals surface area contributed by atoms with Crippen LogP contribution in [0.1, 0.15) is 34.1 Å². The first-order valence-electron chi connectivity index (χ1n) is 5.45. The summed E-state index contributed by atoms with van der Waals surface area (Å²) in [7, 11) is 0. The summed E-state index contributed by atoms with van der Waals surface area (Å²) in [6, 6.07) is 0.0739. The maximum Gasteiger partial charge on any atom is 0.410 e. The standard InChI is InChI=1S/C11H21NO3/c1-8-9(7-13)5-6-12(8)10(14)15-11(2,3)4/h8-9,13H,5-7H2,1-4H3/t8-,9+/m1/s1. The van der Waals surface area contributed by atoms with E-state index in [1.165, 1.54) is 0 Å². The van der Waals surface area contributed by atoms with Crippen LogP contribution in [0.25, 0.3) is 0 Å². The van der Waals surface area contributed by atoms with Gasteiger partial charge in [-0.25, -0.2) is 4.79 Å². The van der Waals surface area contributed by atoms with Crippen molar-refractivity contribution in [3.05, 3.63) is 0 Å². The highest BCUT2D eigenvalue weighted by Gasteiger charge is 2.35. The zero-order chi connectivity index (χ0) is 11.6. The highest BCUT2D eigenvalue weighted by Crippen LogP contribution is 2.25. The van der Waals surface area contributed by atoms with Gasteiger partial charge in [0.15, 0.2) is 0 Å². The zero-order valence-corrected chi connectivity index (χ0v) is 9.99. The normalized spacial score (nSPS) is 26.9. The molecule has 88 valence electrons. The van der Waals surface area contributed by atoms with Gasteiger partial charge >= 0.3 is 6.09 Å². The Morgan fingerprint density at radius 3 is 2.53 bits per heavy atom. The first-order chi connectivity index (χ1) is 6.85. The molecule has 1 aliphatic rings. The number of aliphatic hydroxyl groups is 1. The predicted octanol–water partition coefficient (Wildman–Crippen LogP) is 1.62. The molecule has 1 rings (SSSR count). The van der Waals surface area contributed by atoms with E-state index in [1.807, 2.05) is 27.7 Å². The van der Waals surface area contributed by atoms with Crippen LogP contribution in [-0.2, 0) is 4.74 Å². The van der Waals surface area contributed by atoms with Crippen molar-refractivity contribution in [2.75, 3.05) is 13.2 Å². The van der Waals surface area contributed by atoms with Gasteiger partial charge in [-0.05, 0) is 34.1 Å². The summed E-state index contributed by atoms with van der Waals surface area (Å²) in [6.07, 6.45) is 0.586. The molecular weight excluding hydrogens is 194 g/mol. The van der Waals surface area contributed by atoms with E-state index in [0.29, 0.717) is 6.54 Å². The molecule has 1 N–H and O–H groups in total. The molecule has 4 nitrogen and oxygen atoms in total. The quantitative estimate of drug-likeness (QED) is 0.723. The first-order valence-corrected chi connectivity index (χ1v) is 5.45. The van der Waals surface area contributed by atoms with Crippen molar-refractivity contribution in [3.8, 4) is 0 Å². The van der Waals surface area contributed by atoms with Gasteiger partial charge < -0.3 is 14.7 Å². The number of ether oxygens (including phenoxy) is 1. The van der Waals surface area contributed by atoms with Gasteiger partial charge in [0.2, 0.25) is 0 Å². The third-order valence-corrected chi connectivity index (χ3v) is 2.78.